The van der Waals surface area contributed by atoms with Crippen LogP contribution in [0.2, 0.25) is 0 Å². The Morgan fingerprint density at radius 2 is 2.57 bits per heavy atom. The molecule has 14 heavy (non-hydrogen) atoms. The Hall–Kier alpha value is -0.610. The number of halogens is 1. The first-order valence-corrected chi connectivity index (χ1v) is 5.49. The van der Waals surface area contributed by atoms with E-state index in [1.165, 1.54) is 0 Å². The van der Waals surface area contributed by atoms with Gasteiger partial charge in [0.25, 0.3) is 0 Å². The predicted octanol–water partition coefficient (Wildman–Crippen LogP) is 2.40. The van der Waals surface area contributed by atoms with Gasteiger partial charge in [0.05, 0.1) is 10.6 Å². The number of ether oxygens (including phenoxy) is 2. The molecule has 3 nitrogen and oxygen atoms in total. The summed E-state index contributed by atoms with van der Waals surface area (Å²) in [6, 6.07) is 1.85. The molecule has 1 aliphatic heterocycles. The molecule has 0 aromatic carbocycles. The van der Waals surface area contributed by atoms with Crippen LogP contribution in [0.4, 0.5) is 0 Å². The van der Waals surface area contributed by atoms with Crippen LogP contribution in [0.25, 0.3) is 0 Å². The van der Waals surface area contributed by atoms with Gasteiger partial charge in [-0.2, -0.15) is 0 Å². The van der Waals surface area contributed by atoms with E-state index >= 15 is 0 Å². The van der Waals surface area contributed by atoms with Crippen LogP contribution in [0, 0.1) is 0 Å². The molecular formula is C10H12BrNO2. The van der Waals surface area contributed by atoms with E-state index in [1.54, 1.807) is 12.4 Å². The average molecular weight is 258 g/mol. The molecule has 0 N–H and O–H groups in total. The van der Waals surface area contributed by atoms with Crippen molar-refractivity contribution in [2.75, 3.05) is 13.2 Å². The van der Waals surface area contributed by atoms with Gasteiger partial charge in [0.15, 0.2) is 0 Å². The minimum atomic E-state index is 0.259. The first kappa shape index (κ1) is 9.93. The molecular weight excluding hydrogens is 246 g/mol. The fourth-order valence-corrected chi connectivity index (χ4v) is 1.80. The Kier molecular flexibility index (Phi) is 3.37. The molecule has 1 fully saturated rings. The van der Waals surface area contributed by atoms with Crippen molar-refractivity contribution >= 4 is 15.9 Å². The lowest BCUT2D eigenvalue weighted by Crippen LogP contribution is -2.16. The van der Waals surface area contributed by atoms with Crippen LogP contribution < -0.4 is 4.74 Å². The summed E-state index contributed by atoms with van der Waals surface area (Å²) in [7, 11) is 0. The summed E-state index contributed by atoms with van der Waals surface area (Å²) >= 11 is 3.38. The van der Waals surface area contributed by atoms with Crippen molar-refractivity contribution in [3.63, 3.8) is 0 Å². The second-order valence-electron chi connectivity index (χ2n) is 3.25. The molecule has 1 aromatic rings. The second-order valence-corrected chi connectivity index (χ2v) is 4.11. The monoisotopic (exact) mass is 257 g/mol. The number of hydrogen-bond donors (Lipinski definition) is 0. The highest BCUT2D eigenvalue weighted by Crippen LogP contribution is 2.23. The first-order valence-electron chi connectivity index (χ1n) is 4.70. The summed E-state index contributed by atoms with van der Waals surface area (Å²) in [5.41, 5.74) is 0. The lowest BCUT2D eigenvalue weighted by atomic mass is 10.2. The third kappa shape index (κ3) is 2.45. The fourth-order valence-electron chi connectivity index (χ4n) is 1.44. The molecule has 1 unspecified atom stereocenters. The summed E-state index contributed by atoms with van der Waals surface area (Å²) in [6.45, 7) is 1.49. The SMILES string of the molecule is Brc1cnccc1OCC1CCCO1. The molecule has 0 saturated carbocycles. The van der Waals surface area contributed by atoms with Crippen molar-refractivity contribution in [2.45, 2.75) is 18.9 Å². The second kappa shape index (κ2) is 4.75. The van der Waals surface area contributed by atoms with E-state index in [-0.39, 0.29) is 6.10 Å². The maximum Gasteiger partial charge on any atom is 0.136 e. The van der Waals surface area contributed by atoms with Gasteiger partial charge < -0.3 is 9.47 Å². The number of pyridine rings is 1. The fraction of sp³-hybridized carbons (Fsp3) is 0.500. The lowest BCUT2D eigenvalue weighted by Gasteiger charge is -2.11. The zero-order valence-electron chi connectivity index (χ0n) is 7.78. The highest BCUT2D eigenvalue weighted by Gasteiger charge is 2.16. The number of nitrogens with zero attached hydrogens (tertiary/aromatic N) is 1. The van der Waals surface area contributed by atoms with Gasteiger partial charge >= 0.3 is 0 Å². The van der Waals surface area contributed by atoms with Crippen molar-refractivity contribution in [2.24, 2.45) is 0 Å². The predicted molar refractivity (Wildman–Crippen MR) is 56.4 cm³/mol. The topological polar surface area (TPSA) is 31.4 Å². The molecule has 0 bridgehead atoms. The van der Waals surface area contributed by atoms with E-state index in [1.807, 2.05) is 6.07 Å². The molecule has 2 heterocycles. The zero-order valence-corrected chi connectivity index (χ0v) is 9.37. The molecule has 1 atom stereocenters. The Morgan fingerprint density at radius 3 is 3.29 bits per heavy atom. The summed E-state index contributed by atoms with van der Waals surface area (Å²) in [5, 5.41) is 0. The maximum atomic E-state index is 5.61. The molecule has 4 heteroatoms. The van der Waals surface area contributed by atoms with Crippen LogP contribution in [0.5, 0.6) is 5.75 Å². The van der Waals surface area contributed by atoms with Gasteiger partial charge in [0, 0.05) is 19.0 Å². The number of rotatable bonds is 3. The van der Waals surface area contributed by atoms with Crippen molar-refractivity contribution in [3.8, 4) is 5.75 Å². The van der Waals surface area contributed by atoms with E-state index in [2.05, 4.69) is 20.9 Å². The Labute approximate surface area is 91.6 Å². The number of aromatic nitrogens is 1. The van der Waals surface area contributed by atoms with Gasteiger partial charge in [0.2, 0.25) is 0 Å². The van der Waals surface area contributed by atoms with E-state index in [0.717, 1.165) is 29.7 Å². The van der Waals surface area contributed by atoms with Crippen molar-refractivity contribution in [1.82, 2.24) is 4.98 Å². The largest absolute Gasteiger partial charge is 0.490 e. The normalized spacial score (nSPS) is 21.1. The molecule has 1 saturated heterocycles. The van der Waals surface area contributed by atoms with Gasteiger partial charge in [-0.05, 0) is 34.8 Å². The molecule has 0 aliphatic carbocycles. The zero-order chi connectivity index (χ0) is 9.80. The third-order valence-corrected chi connectivity index (χ3v) is 2.78. The van der Waals surface area contributed by atoms with Crippen LogP contribution in [0.1, 0.15) is 12.8 Å². The molecule has 1 aliphatic rings. The molecule has 0 spiro atoms. The highest BCUT2D eigenvalue weighted by atomic mass is 79.9. The van der Waals surface area contributed by atoms with Crippen molar-refractivity contribution < 1.29 is 9.47 Å². The van der Waals surface area contributed by atoms with Crippen LogP contribution in [-0.4, -0.2) is 24.3 Å². The van der Waals surface area contributed by atoms with Crippen LogP contribution in [0.3, 0.4) is 0 Å². The Bertz CT molecular complexity index is 300. The standard InChI is InChI=1S/C10H12BrNO2/c11-9-6-12-4-3-10(9)14-7-8-2-1-5-13-8/h3-4,6,8H,1-2,5,7H2. The highest BCUT2D eigenvalue weighted by molar-refractivity contribution is 9.10. The van der Waals surface area contributed by atoms with Gasteiger partial charge in [-0.15, -0.1) is 0 Å². The quantitative estimate of drug-likeness (QED) is 0.834. The molecule has 0 radical (unpaired) electrons. The van der Waals surface area contributed by atoms with Crippen LogP contribution in [-0.2, 0) is 4.74 Å². The smallest absolute Gasteiger partial charge is 0.136 e. The van der Waals surface area contributed by atoms with Crippen LogP contribution >= 0.6 is 15.9 Å². The maximum absolute atomic E-state index is 5.61. The van der Waals surface area contributed by atoms with Crippen molar-refractivity contribution in [3.05, 3.63) is 22.9 Å². The summed E-state index contributed by atoms with van der Waals surface area (Å²) < 4.78 is 12.0. The van der Waals surface area contributed by atoms with Gasteiger partial charge in [0.1, 0.15) is 12.4 Å². The molecule has 76 valence electrons. The van der Waals surface area contributed by atoms with Gasteiger partial charge in [-0.1, -0.05) is 0 Å². The lowest BCUT2D eigenvalue weighted by molar-refractivity contribution is 0.0676. The first-order chi connectivity index (χ1) is 6.86. The Balaban J connectivity index is 1.88. The molecule has 1 aromatic heterocycles. The van der Waals surface area contributed by atoms with E-state index in [4.69, 9.17) is 9.47 Å². The van der Waals surface area contributed by atoms with Gasteiger partial charge in [-0.3, -0.25) is 4.98 Å². The Morgan fingerprint density at radius 1 is 1.64 bits per heavy atom. The minimum Gasteiger partial charge on any atom is -0.490 e. The molecule has 0 amide bonds. The van der Waals surface area contributed by atoms with E-state index in [0.29, 0.717) is 6.61 Å². The average Bonchev–Trinajstić information content (AvgIpc) is 2.69. The van der Waals surface area contributed by atoms with Crippen molar-refractivity contribution in [1.29, 1.82) is 0 Å². The van der Waals surface area contributed by atoms with Gasteiger partial charge in [-0.25, -0.2) is 0 Å². The summed E-state index contributed by atoms with van der Waals surface area (Å²) in [4.78, 5) is 3.97. The summed E-state index contributed by atoms with van der Waals surface area (Å²) in [6.07, 6.45) is 5.95. The van der Waals surface area contributed by atoms with E-state index < -0.39 is 0 Å². The third-order valence-electron chi connectivity index (χ3n) is 2.18. The minimum absolute atomic E-state index is 0.259. The van der Waals surface area contributed by atoms with Crippen LogP contribution in [0.15, 0.2) is 22.9 Å². The summed E-state index contributed by atoms with van der Waals surface area (Å²) in [5.74, 6) is 0.829. The number of hydrogen-bond acceptors (Lipinski definition) is 3. The molecule has 2 rings (SSSR count). The van der Waals surface area contributed by atoms with E-state index in [9.17, 15) is 0 Å².